The van der Waals surface area contributed by atoms with Crippen molar-refractivity contribution in [1.29, 1.82) is 0 Å². The van der Waals surface area contributed by atoms with Gasteiger partial charge in [0.2, 0.25) is 0 Å². The van der Waals surface area contributed by atoms with Crippen LogP contribution in [0.1, 0.15) is 24.5 Å². The highest BCUT2D eigenvalue weighted by atomic mass is 16.5. The predicted octanol–water partition coefficient (Wildman–Crippen LogP) is 5.41. The number of nitrogens with one attached hydrogen (secondary N) is 1. The van der Waals surface area contributed by atoms with Crippen LogP contribution in [0, 0.1) is 0 Å². The lowest BCUT2D eigenvalue weighted by molar-refractivity contribution is -0.136. The molecule has 0 bridgehead atoms. The highest BCUT2D eigenvalue weighted by molar-refractivity contribution is 5.72. The van der Waals surface area contributed by atoms with Crippen LogP contribution in [0.5, 0.6) is 11.5 Å². The zero-order chi connectivity index (χ0) is 23.5. The zero-order valence-electron chi connectivity index (χ0n) is 19.2. The Hall–Kier alpha value is -3.51. The molecular weight excluding hydrogens is 418 g/mol. The Morgan fingerprint density at radius 2 is 1.67 bits per heavy atom. The summed E-state index contributed by atoms with van der Waals surface area (Å²) in [5.74, 6) is 0.838. The third kappa shape index (κ3) is 7.54. The van der Waals surface area contributed by atoms with Crippen LogP contribution in [0.3, 0.4) is 0 Å². The number of hydrogen-bond acceptors (Lipinski definition) is 5. The number of carbonyl (C=O) groups is 1. The molecule has 0 aliphatic rings. The molecule has 0 saturated carbocycles. The molecule has 0 aromatic heterocycles. The second-order valence-corrected chi connectivity index (χ2v) is 7.55. The number of carboxylic acid groups (broad SMARTS) is 1. The van der Waals surface area contributed by atoms with E-state index in [1.54, 1.807) is 7.11 Å². The minimum atomic E-state index is -0.781. The summed E-state index contributed by atoms with van der Waals surface area (Å²) in [4.78, 5) is 10.7. The predicted molar refractivity (Wildman–Crippen MR) is 130 cm³/mol. The molecule has 33 heavy (non-hydrogen) atoms. The molecule has 0 aliphatic carbocycles. The van der Waals surface area contributed by atoms with E-state index in [1.807, 2.05) is 67.6 Å². The van der Waals surface area contributed by atoms with Gasteiger partial charge in [0, 0.05) is 30.8 Å². The van der Waals surface area contributed by atoms with E-state index in [1.165, 1.54) is 0 Å². The summed E-state index contributed by atoms with van der Waals surface area (Å²) < 4.78 is 16.6. The molecular formula is C27H31NO5. The molecule has 3 aromatic carbocycles. The van der Waals surface area contributed by atoms with Gasteiger partial charge in [0.05, 0.1) is 13.7 Å². The molecule has 3 aromatic rings. The first-order chi connectivity index (χ1) is 16.1. The highest BCUT2D eigenvalue weighted by Gasteiger charge is 2.08. The summed E-state index contributed by atoms with van der Waals surface area (Å²) in [6.07, 6.45) is 0.676. The molecule has 0 spiro atoms. The van der Waals surface area contributed by atoms with Gasteiger partial charge in [0.1, 0.15) is 18.1 Å². The molecule has 6 nitrogen and oxygen atoms in total. The highest BCUT2D eigenvalue weighted by Crippen LogP contribution is 2.32. The number of benzene rings is 3. The Morgan fingerprint density at radius 3 is 2.33 bits per heavy atom. The van der Waals surface area contributed by atoms with Gasteiger partial charge in [-0.3, -0.25) is 4.79 Å². The first-order valence-corrected chi connectivity index (χ1v) is 11.1. The van der Waals surface area contributed by atoms with Crippen molar-refractivity contribution in [3.8, 4) is 22.6 Å². The van der Waals surface area contributed by atoms with Gasteiger partial charge in [-0.15, -0.1) is 0 Å². The van der Waals surface area contributed by atoms with Gasteiger partial charge in [0.25, 0.3) is 0 Å². The molecule has 0 saturated heterocycles. The van der Waals surface area contributed by atoms with E-state index in [0.29, 0.717) is 32.8 Å². The fraction of sp³-hybridized carbons (Fsp3) is 0.296. The van der Waals surface area contributed by atoms with Crippen molar-refractivity contribution in [2.24, 2.45) is 0 Å². The van der Waals surface area contributed by atoms with Gasteiger partial charge in [-0.2, -0.15) is 0 Å². The smallest absolute Gasteiger partial charge is 0.303 e. The first-order valence-electron chi connectivity index (χ1n) is 11.1. The third-order valence-corrected chi connectivity index (χ3v) is 5.21. The molecule has 3 rings (SSSR count). The van der Waals surface area contributed by atoms with Gasteiger partial charge >= 0.3 is 5.97 Å². The third-order valence-electron chi connectivity index (χ3n) is 5.21. The van der Waals surface area contributed by atoms with Crippen LogP contribution in [0.2, 0.25) is 0 Å². The van der Waals surface area contributed by atoms with Crippen LogP contribution in [0.25, 0.3) is 11.1 Å². The van der Waals surface area contributed by atoms with E-state index in [0.717, 1.165) is 39.4 Å². The second-order valence-electron chi connectivity index (χ2n) is 7.55. The minimum Gasteiger partial charge on any atom is -0.496 e. The van der Waals surface area contributed by atoms with Crippen LogP contribution in [0.15, 0.2) is 66.7 Å². The van der Waals surface area contributed by atoms with E-state index in [-0.39, 0.29) is 6.42 Å². The van der Waals surface area contributed by atoms with Crippen LogP contribution in [0.4, 0.5) is 5.69 Å². The summed E-state index contributed by atoms with van der Waals surface area (Å²) in [6.45, 7) is 4.41. The van der Waals surface area contributed by atoms with Crippen molar-refractivity contribution < 1.29 is 24.1 Å². The average molecular weight is 450 g/mol. The second kappa shape index (κ2) is 12.5. The van der Waals surface area contributed by atoms with Crippen LogP contribution in [-0.4, -0.2) is 38.0 Å². The van der Waals surface area contributed by atoms with E-state index >= 15 is 0 Å². The number of methoxy groups -OCH3 is 1. The maximum Gasteiger partial charge on any atom is 0.303 e. The zero-order valence-corrected chi connectivity index (χ0v) is 19.2. The number of anilines is 1. The quantitative estimate of drug-likeness (QED) is 0.340. The van der Waals surface area contributed by atoms with E-state index < -0.39 is 5.97 Å². The Labute approximate surface area is 195 Å². The van der Waals surface area contributed by atoms with Crippen molar-refractivity contribution in [3.63, 3.8) is 0 Å². The van der Waals surface area contributed by atoms with Gasteiger partial charge in [-0.1, -0.05) is 30.3 Å². The molecule has 0 unspecified atom stereocenters. The maximum atomic E-state index is 10.7. The molecule has 0 heterocycles. The number of ether oxygens (including phenoxy) is 3. The number of carboxylic acids is 1. The van der Waals surface area contributed by atoms with E-state index in [4.69, 9.17) is 19.3 Å². The van der Waals surface area contributed by atoms with Gasteiger partial charge in [-0.25, -0.2) is 0 Å². The molecule has 0 atom stereocenters. The summed E-state index contributed by atoms with van der Waals surface area (Å²) in [6, 6.07) is 22.0. The lowest BCUT2D eigenvalue weighted by atomic mass is 10.0. The number of aryl methyl sites for hydroxylation is 1. The molecule has 6 heteroatoms. The number of hydrogen-bond donors (Lipinski definition) is 2. The average Bonchev–Trinajstić information content (AvgIpc) is 2.85. The Morgan fingerprint density at radius 1 is 0.939 bits per heavy atom. The molecule has 0 aliphatic heterocycles. The van der Waals surface area contributed by atoms with Crippen molar-refractivity contribution in [1.82, 2.24) is 0 Å². The molecule has 0 fully saturated rings. The minimum absolute atomic E-state index is 0.141. The van der Waals surface area contributed by atoms with Crippen LogP contribution in [-0.2, 0) is 22.5 Å². The van der Waals surface area contributed by atoms with Crippen molar-refractivity contribution in [2.75, 3.05) is 32.2 Å². The lowest BCUT2D eigenvalue weighted by Crippen LogP contribution is -2.06. The number of aliphatic carboxylic acids is 1. The summed E-state index contributed by atoms with van der Waals surface area (Å²) >= 11 is 0. The topological polar surface area (TPSA) is 77.0 Å². The molecule has 0 amide bonds. The summed E-state index contributed by atoms with van der Waals surface area (Å²) in [5, 5.41) is 12.2. The summed E-state index contributed by atoms with van der Waals surface area (Å²) in [7, 11) is 1.67. The fourth-order valence-corrected chi connectivity index (χ4v) is 3.43. The lowest BCUT2D eigenvalue weighted by Gasteiger charge is -2.13. The standard InChI is InChI=1S/C27H31NO5/c1-3-32-16-17-33-24-12-8-22(9-13-24)25-18-21(6-14-26(25)31-2)19-28-23-10-4-20(5-11-23)7-15-27(29)30/h4-6,8-14,18,28H,3,7,15-17,19H2,1-2H3,(H,29,30). The van der Waals surface area contributed by atoms with Crippen molar-refractivity contribution in [3.05, 3.63) is 77.9 Å². The SMILES string of the molecule is CCOCCOc1ccc(-c2cc(CNc3ccc(CCC(=O)O)cc3)ccc2OC)cc1. The monoisotopic (exact) mass is 449 g/mol. The van der Waals surface area contributed by atoms with Crippen LogP contribution < -0.4 is 14.8 Å². The van der Waals surface area contributed by atoms with Gasteiger partial charge in [-0.05, 0) is 66.4 Å². The fourth-order valence-electron chi connectivity index (χ4n) is 3.43. The van der Waals surface area contributed by atoms with Crippen molar-refractivity contribution in [2.45, 2.75) is 26.3 Å². The molecule has 0 radical (unpaired) electrons. The van der Waals surface area contributed by atoms with Gasteiger partial charge in [0.15, 0.2) is 0 Å². The van der Waals surface area contributed by atoms with Gasteiger partial charge < -0.3 is 24.6 Å². The number of rotatable bonds is 13. The normalized spacial score (nSPS) is 10.6. The van der Waals surface area contributed by atoms with Crippen LogP contribution >= 0.6 is 0 Å². The molecule has 174 valence electrons. The maximum absolute atomic E-state index is 10.7. The van der Waals surface area contributed by atoms with Crippen molar-refractivity contribution >= 4 is 11.7 Å². The Kier molecular flexibility index (Phi) is 9.15. The Bertz CT molecular complexity index is 1020. The summed E-state index contributed by atoms with van der Waals surface area (Å²) in [5.41, 5.74) is 5.19. The first kappa shape index (κ1) is 24.1. The Balaban J connectivity index is 1.64. The van der Waals surface area contributed by atoms with E-state index in [2.05, 4.69) is 11.4 Å². The van der Waals surface area contributed by atoms with E-state index in [9.17, 15) is 4.79 Å². The largest absolute Gasteiger partial charge is 0.496 e. The molecule has 2 N–H and O–H groups in total.